The van der Waals surface area contributed by atoms with Crippen LogP contribution in [0.4, 0.5) is 0 Å². The summed E-state index contributed by atoms with van der Waals surface area (Å²) in [6.07, 6.45) is 4.46. The fourth-order valence-electron chi connectivity index (χ4n) is 2.54. The molecule has 2 aromatic rings. The Labute approximate surface area is 144 Å². The molecule has 0 saturated carbocycles. The van der Waals surface area contributed by atoms with Crippen LogP contribution in [0.1, 0.15) is 33.3 Å². The predicted octanol–water partition coefficient (Wildman–Crippen LogP) is 3.00. The molecular weight excluding hydrogens is 301 g/mol. The maximum absolute atomic E-state index is 6.06. The van der Waals surface area contributed by atoms with Crippen molar-refractivity contribution in [1.29, 1.82) is 0 Å². The molecule has 0 aliphatic carbocycles. The maximum atomic E-state index is 6.06. The van der Waals surface area contributed by atoms with Gasteiger partial charge < -0.3 is 14.0 Å². The number of hydrogen-bond donors (Lipinski definition) is 0. The van der Waals surface area contributed by atoms with E-state index in [1.807, 2.05) is 36.4 Å². The zero-order valence-corrected chi connectivity index (χ0v) is 14.8. The van der Waals surface area contributed by atoms with E-state index < -0.39 is 0 Å². The second-order valence-corrected chi connectivity index (χ2v) is 7.11. The average molecular weight is 325 g/mol. The van der Waals surface area contributed by atoms with Crippen molar-refractivity contribution in [2.24, 2.45) is 0 Å². The summed E-state index contributed by atoms with van der Waals surface area (Å²) in [4.78, 5) is 4.01. The molecule has 4 nitrogen and oxygen atoms in total. The van der Waals surface area contributed by atoms with Crippen molar-refractivity contribution in [1.82, 2.24) is 4.98 Å². The number of benzene rings is 1. The lowest BCUT2D eigenvalue weighted by molar-refractivity contribution is 0.00578. The van der Waals surface area contributed by atoms with Crippen LogP contribution in [0.5, 0.6) is 5.75 Å². The Morgan fingerprint density at radius 2 is 1.50 bits per heavy atom. The van der Waals surface area contributed by atoms with Crippen molar-refractivity contribution < 1.29 is 14.0 Å². The summed E-state index contributed by atoms with van der Waals surface area (Å²) in [6, 6.07) is 11.9. The van der Waals surface area contributed by atoms with Crippen LogP contribution in [-0.4, -0.2) is 29.9 Å². The molecule has 1 aliphatic rings. The van der Waals surface area contributed by atoms with Crippen molar-refractivity contribution in [3.05, 3.63) is 54.4 Å². The Hall–Kier alpha value is -1.85. The van der Waals surface area contributed by atoms with Gasteiger partial charge in [0.1, 0.15) is 5.75 Å². The molecule has 24 heavy (non-hydrogen) atoms. The molecule has 2 heterocycles. The molecule has 1 saturated heterocycles. The third kappa shape index (κ3) is 3.63. The minimum absolute atomic E-state index is 0.322. The molecule has 0 atom stereocenters. The summed E-state index contributed by atoms with van der Waals surface area (Å²) >= 11 is 0. The van der Waals surface area contributed by atoms with Crippen LogP contribution in [0, 0.1) is 0 Å². The molecule has 1 aliphatic heterocycles. The van der Waals surface area contributed by atoms with E-state index in [0.717, 1.165) is 17.6 Å². The molecule has 126 valence electrons. The highest BCUT2D eigenvalue weighted by Gasteiger charge is 2.51. The molecule has 1 aromatic heterocycles. The van der Waals surface area contributed by atoms with E-state index in [-0.39, 0.29) is 18.3 Å². The first-order valence-electron chi connectivity index (χ1n) is 8.35. The average Bonchev–Trinajstić information content (AvgIpc) is 2.77. The fourth-order valence-corrected chi connectivity index (χ4v) is 2.54. The van der Waals surface area contributed by atoms with Gasteiger partial charge in [0.05, 0.1) is 17.8 Å². The zero-order chi connectivity index (χ0) is 17.2. The second-order valence-electron chi connectivity index (χ2n) is 7.11. The second kappa shape index (κ2) is 6.57. The van der Waals surface area contributed by atoms with Gasteiger partial charge in [0.2, 0.25) is 0 Å². The van der Waals surface area contributed by atoms with Gasteiger partial charge in [-0.05, 0) is 63.0 Å². The van der Waals surface area contributed by atoms with Crippen molar-refractivity contribution >= 4 is 12.6 Å². The first-order valence-corrected chi connectivity index (χ1v) is 8.35. The van der Waals surface area contributed by atoms with Gasteiger partial charge in [-0.25, -0.2) is 0 Å². The Morgan fingerprint density at radius 3 is 2.08 bits per heavy atom. The molecule has 1 fully saturated rings. The lowest BCUT2D eigenvalue weighted by Gasteiger charge is -2.32. The van der Waals surface area contributed by atoms with Crippen LogP contribution >= 0.6 is 0 Å². The maximum Gasteiger partial charge on any atom is 0.494 e. The quantitative estimate of drug-likeness (QED) is 0.793. The van der Waals surface area contributed by atoms with Gasteiger partial charge in [0.15, 0.2) is 0 Å². The highest BCUT2D eigenvalue weighted by molar-refractivity contribution is 6.62. The molecule has 0 N–H and O–H groups in total. The lowest BCUT2D eigenvalue weighted by Crippen LogP contribution is -2.41. The van der Waals surface area contributed by atoms with Crippen LogP contribution < -0.4 is 10.2 Å². The van der Waals surface area contributed by atoms with Crippen molar-refractivity contribution in [3.8, 4) is 5.75 Å². The standard InChI is InChI=1S/C19H24BNO3/c1-18(2)19(3,4)24-20(23-18)16-5-7-17(8-6-16)22-14-11-15-9-12-21-13-10-15/h5-10,12-13H,11,14H2,1-4H3. The highest BCUT2D eigenvalue weighted by Crippen LogP contribution is 2.36. The monoisotopic (exact) mass is 325 g/mol. The largest absolute Gasteiger partial charge is 0.494 e. The summed E-state index contributed by atoms with van der Waals surface area (Å²) in [5, 5.41) is 0. The number of nitrogens with zero attached hydrogens (tertiary/aromatic N) is 1. The topological polar surface area (TPSA) is 40.6 Å². The number of hydrogen-bond acceptors (Lipinski definition) is 4. The van der Waals surface area contributed by atoms with Crippen molar-refractivity contribution in [2.45, 2.75) is 45.3 Å². The molecule has 3 rings (SSSR count). The predicted molar refractivity (Wildman–Crippen MR) is 95.6 cm³/mol. The smallest absolute Gasteiger partial charge is 0.493 e. The van der Waals surface area contributed by atoms with Gasteiger partial charge in [0, 0.05) is 18.8 Å². The van der Waals surface area contributed by atoms with E-state index >= 15 is 0 Å². The third-order valence-electron chi connectivity index (χ3n) is 4.81. The van der Waals surface area contributed by atoms with Crippen LogP contribution in [0.15, 0.2) is 48.8 Å². The van der Waals surface area contributed by atoms with Crippen molar-refractivity contribution in [2.75, 3.05) is 6.61 Å². The number of rotatable bonds is 5. The minimum atomic E-state index is -0.333. The third-order valence-corrected chi connectivity index (χ3v) is 4.81. The van der Waals surface area contributed by atoms with Gasteiger partial charge >= 0.3 is 7.12 Å². The lowest BCUT2D eigenvalue weighted by atomic mass is 9.79. The molecule has 0 unspecified atom stereocenters. The van der Waals surface area contributed by atoms with E-state index in [1.54, 1.807) is 12.4 Å². The Morgan fingerprint density at radius 1 is 0.917 bits per heavy atom. The Balaban J connectivity index is 1.56. The molecule has 0 bridgehead atoms. The summed E-state index contributed by atoms with van der Waals surface area (Å²) in [6.45, 7) is 8.88. The zero-order valence-electron chi connectivity index (χ0n) is 14.8. The fraction of sp³-hybridized carbons (Fsp3) is 0.421. The summed E-state index contributed by atoms with van der Waals surface area (Å²) < 4.78 is 17.9. The summed E-state index contributed by atoms with van der Waals surface area (Å²) in [7, 11) is -0.333. The normalized spacial score (nSPS) is 18.6. The number of ether oxygens (including phenoxy) is 1. The molecule has 1 aromatic carbocycles. The van der Waals surface area contributed by atoms with E-state index in [9.17, 15) is 0 Å². The van der Waals surface area contributed by atoms with E-state index in [4.69, 9.17) is 14.0 Å². The summed E-state index contributed by atoms with van der Waals surface area (Å²) in [5.74, 6) is 0.851. The van der Waals surface area contributed by atoms with Crippen LogP contribution in [0.3, 0.4) is 0 Å². The van der Waals surface area contributed by atoms with Crippen LogP contribution in [0.25, 0.3) is 0 Å². The van der Waals surface area contributed by atoms with Gasteiger partial charge in [0.25, 0.3) is 0 Å². The Kier molecular flexibility index (Phi) is 4.65. The number of aromatic nitrogens is 1. The SMILES string of the molecule is CC1(C)OB(c2ccc(OCCc3ccncc3)cc2)OC1(C)C. The highest BCUT2D eigenvalue weighted by atomic mass is 16.7. The first kappa shape index (κ1) is 17.0. The summed E-state index contributed by atoms with van der Waals surface area (Å²) in [5.41, 5.74) is 1.59. The van der Waals surface area contributed by atoms with Gasteiger partial charge in [-0.15, -0.1) is 0 Å². The first-order chi connectivity index (χ1) is 11.4. The molecule has 0 spiro atoms. The Bertz CT molecular complexity index is 655. The van der Waals surface area contributed by atoms with Gasteiger partial charge in [-0.2, -0.15) is 0 Å². The van der Waals surface area contributed by atoms with E-state index in [0.29, 0.717) is 6.61 Å². The van der Waals surface area contributed by atoms with Crippen LogP contribution in [-0.2, 0) is 15.7 Å². The van der Waals surface area contributed by atoms with Crippen molar-refractivity contribution in [3.63, 3.8) is 0 Å². The van der Waals surface area contributed by atoms with E-state index in [2.05, 4.69) is 32.7 Å². The molecule has 0 amide bonds. The molecule has 5 heteroatoms. The minimum Gasteiger partial charge on any atom is -0.493 e. The van der Waals surface area contributed by atoms with E-state index in [1.165, 1.54) is 5.56 Å². The van der Waals surface area contributed by atoms with Gasteiger partial charge in [-0.1, -0.05) is 12.1 Å². The molecule has 0 radical (unpaired) electrons. The molecular formula is C19H24BNO3. The van der Waals surface area contributed by atoms with Gasteiger partial charge in [-0.3, -0.25) is 4.98 Å². The van der Waals surface area contributed by atoms with Crippen LogP contribution in [0.2, 0.25) is 0 Å². The number of pyridine rings is 1.